The lowest BCUT2D eigenvalue weighted by Gasteiger charge is -2.34. The van der Waals surface area contributed by atoms with E-state index in [2.05, 4.69) is 63.3 Å². The van der Waals surface area contributed by atoms with Crippen molar-refractivity contribution in [2.45, 2.75) is 58.4 Å². The molecule has 0 spiro atoms. The first-order chi connectivity index (χ1) is 9.64. The number of benzene rings is 1. The van der Waals surface area contributed by atoms with E-state index in [0.717, 1.165) is 39.0 Å². The molecule has 0 fully saturated rings. The van der Waals surface area contributed by atoms with Gasteiger partial charge in [-0.05, 0) is 24.8 Å². The van der Waals surface area contributed by atoms with Crippen molar-refractivity contribution in [1.82, 2.24) is 5.32 Å². The SMILES string of the molecule is CCCOCCC(CC)(CNC(C)C)c1ccccc1. The molecule has 2 nitrogen and oxygen atoms in total. The average Bonchev–Trinajstić information content (AvgIpc) is 2.48. The molecule has 0 radical (unpaired) electrons. The van der Waals surface area contributed by atoms with Gasteiger partial charge in [-0.2, -0.15) is 0 Å². The van der Waals surface area contributed by atoms with Crippen LogP contribution < -0.4 is 5.32 Å². The van der Waals surface area contributed by atoms with Gasteiger partial charge in [-0.1, -0.05) is 58.0 Å². The van der Waals surface area contributed by atoms with E-state index in [-0.39, 0.29) is 5.41 Å². The highest BCUT2D eigenvalue weighted by Gasteiger charge is 2.29. The van der Waals surface area contributed by atoms with Crippen LogP contribution >= 0.6 is 0 Å². The summed E-state index contributed by atoms with van der Waals surface area (Å²) >= 11 is 0. The molecule has 1 aromatic carbocycles. The standard InChI is InChI=1S/C18H31NO/c1-5-13-20-14-12-18(6-2,15-19-16(3)4)17-10-8-7-9-11-17/h7-11,16,19H,5-6,12-15H2,1-4H3. The number of nitrogens with one attached hydrogen (secondary N) is 1. The van der Waals surface area contributed by atoms with Gasteiger partial charge in [0, 0.05) is 31.2 Å². The van der Waals surface area contributed by atoms with Crippen molar-refractivity contribution in [3.8, 4) is 0 Å². The van der Waals surface area contributed by atoms with E-state index in [9.17, 15) is 0 Å². The Balaban J connectivity index is 2.79. The summed E-state index contributed by atoms with van der Waals surface area (Å²) < 4.78 is 5.74. The quantitative estimate of drug-likeness (QED) is 0.649. The van der Waals surface area contributed by atoms with Crippen molar-refractivity contribution < 1.29 is 4.74 Å². The van der Waals surface area contributed by atoms with Crippen molar-refractivity contribution in [1.29, 1.82) is 0 Å². The van der Waals surface area contributed by atoms with Crippen LogP contribution in [0.2, 0.25) is 0 Å². The maximum absolute atomic E-state index is 5.74. The van der Waals surface area contributed by atoms with Gasteiger partial charge in [-0.25, -0.2) is 0 Å². The highest BCUT2D eigenvalue weighted by Crippen LogP contribution is 2.31. The topological polar surface area (TPSA) is 21.3 Å². The van der Waals surface area contributed by atoms with E-state index in [4.69, 9.17) is 4.74 Å². The Hall–Kier alpha value is -0.860. The number of hydrogen-bond acceptors (Lipinski definition) is 2. The summed E-state index contributed by atoms with van der Waals surface area (Å²) in [6.45, 7) is 11.6. The Morgan fingerprint density at radius 3 is 2.35 bits per heavy atom. The maximum atomic E-state index is 5.74. The molecule has 0 saturated carbocycles. The molecule has 1 unspecified atom stereocenters. The molecule has 1 atom stereocenters. The summed E-state index contributed by atoms with van der Waals surface area (Å²) in [6.07, 6.45) is 3.30. The fourth-order valence-corrected chi connectivity index (χ4v) is 2.55. The lowest BCUT2D eigenvalue weighted by atomic mass is 9.75. The summed E-state index contributed by atoms with van der Waals surface area (Å²) in [5, 5.41) is 3.62. The summed E-state index contributed by atoms with van der Waals surface area (Å²) in [5.41, 5.74) is 1.61. The van der Waals surface area contributed by atoms with E-state index in [1.54, 1.807) is 0 Å². The molecule has 0 aromatic heterocycles. The molecule has 1 aromatic rings. The Labute approximate surface area is 124 Å². The molecule has 2 heteroatoms. The molecule has 114 valence electrons. The summed E-state index contributed by atoms with van der Waals surface area (Å²) in [4.78, 5) is 0. The lowest BCUT2D eigenvalue weighted by molar-refractivity contribution is 0.111. The molecule has 0 aliphatic heterocycles. The molecule has 0 heterocycles. The fraction of sp³-hybridized carbons (Fsp3) is 0.667. The Morgan fingerprint density at radius 1 is 1.10 bits per heavy atom. The average molecular weight is 277 g/mol. The minimum atomic E-state index is 0.180. The van der Waals surface area contributed by atoms with Gasteiger partial charge in [0.15, 0.2) is 0 Å². The van der Waals surface area contributed by atoms with E-state index in [0.29, 0.717) is 6.04 Å². The van der Waals surface area contributed by atoms with Crippen LogP contribution in [0.4, 0.5) is 0 Å². The number of ether oxygens (including phenoxy) is 1. The molecular formula is C18H31NO. The van der Waals surface area contributed by atoms with Gasteiger partial charge in [0.25, 0.3) is 0 Å². The first-order valence-corrected chi connectivity index (χ1v) is 8.01. The predicted octanol–water partition coefficient (Wildman–Crippen LogP) is 4.15. The van der Waals surface area contributed by atoms with Crippen LogP contribution in [0.25, 0.3) is 0 Å². The second-order valence-corrected chi connectivity index (χ2v) is 5.90. The van der Waals surface area contributed by atoms with Gasteiger partial charge in [0.1, 0.15) is 0 Å². The van der Waals surface area contributed by atoms with E-state index >= 15 is 0 Å². The van der Waals surface area contributed by atoms with Gasteiger partial charge in [-0.15, -0.1) is 0 Å². The maximum Gasteiger partial charge on any atom is 0.0475 e. The van der Waals surface area contributed by atoms with Crippen molar-refractivity contribution in [2.24, 2.45) is 0 Å². The van der Waals surface area contributed by atoms with Gasteiger partial charge >= 0.3 is 0 Å². The summed E-state index contributed by atoms with van der Waals surface area (Å²) in [7, 11) is 0. The van der Waals surface area contributed by atoms with Crippen LogP contribution in [0, 0.1) is 0 Å². The van der Waals surface area contributed by atoms with Gasteiger partial charge in [0.2, 0.25) is 0 Å². The van der Waals surface area contributed by atoms with Crippen LogP contribution in [0.15, 0.2) is 30.3 Å². The third kappa shape index (κ3) is 5.26. The first-order valence-electron chi connectivity index (χ1n) is 8.01. The zero-order valence-electron chi connectivity index (χ0n) is 13.6. The Bertz CT molecular complexity index is 350. The fourth-order valence-electron chi connectivity index (χ4n) is 2.55. The summed E-state index contributed by atoms with van der Waals surface area (Å²) in [6, 6.07) is 11.4. The van der Waals surface area contributed by atoms with Crippen LogP contribution in [-0.4, -0.2) is 25.8 Å². The van der Waals surface area contributed by atoms with Crippen LogP contribution in [0.1, 0.15) is 52.5 Å². The van der Waals surface area contributed by atoms with Crippen molar-refractivity contribution in [3.05, 3.63) is 35.9 Å². The zero-order chi connectivity index (χ0) is 14.8. The molecule has 0 amide bonds. The molecule has 0 bridgehead atoms. The predicted molar refractivity (Wildman–Crippen MR) is 87.3 cm³/mol. The minimum absolute atomic E-state index is 0.180. The Morgan fingerprint density at radius 2 is 1.80 bits per heavy atom. The zero-order valence-corrected chi connectivity index (χ0v) is 13.6. The highest BCUT2D eigenvalue weighted by molar-refractivity contribution is 5.26. The second kappa shape index (κ2) is 9.15. The third-order valence-corrected chi connectivity index (χ3v) is 3.99. The van der Waals surface area contributed by atoms with Crippen molar-refractivity contribution >= 4 is 0 Å². The van der Waals surface area contributed by atoms with E-state index < -0.39 is 0 Å². The molecule has 0 aliphatic rings. The Kier molecular flexibility index (Phi) is 7.86. The third-order valence-electron chi connectivity index (χ3n) is 3.99. The molecule has 1 rings (SSSR count). The monoisotopic (exact) mass is 277 g/mol. The second-order valence-electron chi connectivity index (χ2n) is 5.90. The smallest absolute Gasteiger partial charge is 0.0475 e. The van der Waals surface area contributed by atoms with Gasteiger partial charge < -0.3 is 10.1 Å². The molecule has 1 N–H and O–H groups in total. The lowest BCUT2D eigenvalue weighted by Crippen LogP contribution is -2.41. The van der Waals surface area contributed by atoms with Crippen molar-refractivity contribution in [2.75, 3.05) is 19.8 Å². The van der Waals surface area contributed by atoms with E-state index in [1.807, 2.05) is 0 Å². The largest absolute Gasteiger partial charge is 0.381 e. The van der Waals surface area contributed by atoms with Gasteiger partial charge in [-0.3, -0.25) is 0 Å². The highest BCUT2D eigenvalue weighted by atomic mass is 16.5. The molecule has 0 aliphatic carbocycles. The molecular weight excluding hydrogens is 246 g/mol. The van der Waals surface area contributed by atoms with E-state index in [1.165, 1.54) is 5.56 Å². The molecule has 0 saturated heterocycles. The normalized spacial score (nSPS) is 14.4. The van der Waals surface area contributed by atoms with Crippen LogP contribution in [0.5, 0.6) is 0 Å². The van der Waals surface area contributed by atoms with Crippen LogP contribution in [-0.2, 0) is 10.2 Å². The minimum Gasteiger partial charge on any atom is -0.381 e. The first kappa shape index (κ1) is 17.2. The van der Waals surface area contributed by atoms with Gasteiger partial charge in [0.05, 0.1) is 0 Å². The summed E-state index contributed by atoms with van der Waals surface area (Å²) in [5.74, 6) is 0. The molecule has 20 heavy (non-hydrogen) atoms. The number of rotatable bonds is 10. The van der Waals surface area contributed by atoms with Crippen LogP contribution in [0.3, 0.4) is 0 Å². The van der Waals surface area contributed by atoms with Crippen molar-refractivity contribution in [3.63, 3.8) is 0 Å². The number of hydrogen-bond donors (Lipinski definition) is 1.